The van der Waals surface area contributed by atoms with E-state index in [2.05, 4.69) is 69.0 Å². The summed E-state index contributed by atoms with van der Waals surface area (Å²) >= 11 is 2.09. The highest BCUT2D eigenvalue weighted by Crippen LogP contribution is 2.44. The van der Waals surface area contributed by atoms with E-state index in [9.17, 15) is 0 Å². The molecule has 0 saturated carbocycles. The third kappa shape index (κ3) is 3.55. The number of rotatable bonds is 6. The average molecular weight is 277 g/mol. The van der Waals surface area contributed by atoms with Gasteiger partial charge in [-0.25, -0.2) is 0 Å². The highest BCUT2D eigenvalue weighted by Gasteiger charge is 2.34. The Morgan fingerprint density at radius 3 is 2.74 bits per heavy atom. The van der Waals surface area contributed by atoms with Crippen LogP contribution in [0.4, 0.5) is 0 Å². The zero-order valence-electron chi connectivity index (χ0n) is 12.7. The number of benzene rings is 1. The molecule has 0 aliphatic carbocycles. The van der Waals surface area contributed by atoms with E-state index in [1.54, 1.807) is 5.56 Å². The van der Waals surface area contributed by atoms with E-state index in [1.807, 2.05) is 0 Å². The van der Waals surface area contributed by atoms with Gasteiger partial charge >= 0.3 is 0 Å². The summed E-state index contributed by atoms with van der Waals surface area (Å²) in [5.41, 5.74) is 1.95. The monoisotopic (exact) mass is 277 g/mol. The Bertz CT molecular complexity index is 390. The molecule has 0 fully saturated rings. The normalized spacial score (nSPS) is 21.4. The maximum atomic E-state index is 3.56. The standard InChI is InChI=1S/C17H27NS/c1-5-18-12-17(4,13(2)3)11-15-10-14-8-6-7-9-16(14)19-15/h6-9,13,15,18H,5,10-12H2,1-4H3. The van der Waals surface area contributed by atoms with Crippen LogP contribution in [0.3, 0.4) is 0 Å². The Kier molecular flexibility index (Phi) is 4.97. The molecule has 1 aromatic rings. The largest absolute Gasteiger partial charge is 0.316 e. The maximum absolute atomic E-state index is 3.56. The Morgan fingerprint density at radius 2 is 2.11 bits per heavy atom. The minimum absolute atomic E-state index is 0.399. The fourth-order valence-electron chi connectivity index (χ4n) is 2.81. The molecule has 0 saturated heterocycles. The lowest BCUT2D eigenvalue weighted by atomic mass is 9.74. The fourth-order valence-corrected chi connectivity index (χ4v) is 4.36. The molecular weight excluding hydrogens is 250 g/mol. The van der Waals surface area contributed by atoms with Gasteiger partial charge in [-0.1, -0.05) is 45.9 Å². The van der Waals surface area contributed by atoms with E-state index >= 15 is 0 Å². The van der Waals surface area contributed by atoms with Gasteiger partial charge in [-0.15, -0.1) is 11.8 Å². The molecule has 0 radical (unpaired) electrons. The van der Waals surface area contributed by atoms with Crippen molar-refractivity contribution in [3.63, 3.8) is 0 Å². The van der Waals surface area contributed by atoms with Gasteiger partial charge in [-0.3, -0.25) is 0 Å². The van der Waals surface area contributed by atoms with Crippen LogP contribution in [-0.4, -0.2) is 18.3 Å². The molecule has 0 spiro atoms. The van der Waals surface area contributed by atoms with Crippen molar-refractivity contribution in [2.75, 3.05) is 13.1 Å². The smallest absolute Gasteiger partial charge is 0.0141 e. The van der Waals surface area contributed by atoms with Crippen molar-refractivity contribution in [2.45, 2.75) is 50.7 Å². The lowest BCUT2D eigenvalue weighted by Crippen LogP contribution is -2.38. The first kappa shape index (κ1) is 14.9. The van der Waals surface area contributed by atoms with Crippen LogP contribution < -0.4 is 5.32 Å². The Labute approximate surface area is 122 Å². The van der Waals surface area contributed by atoms with Crippen molar-refractivity contribution in [1.82, 2.24) is 5.32 Å². The van der Waals surface area contributed by atoms with Crippen LogP contribution in [0.25, 0.3) is 0 Å². The lowest BCUT2D eigenvalue weighted by Gasteiger charge is -2.36. The maximum Gasteiger partial charge on any atom is 0.0141 e. The molecular formula is C17H27NS. The van der Waals surface area contributed by atoms with Crippen LogP contribution in [0.15, 0.2) is 29.2 Å². The first-order valence-electron chi connectivity index (χ1n) is 7.50. The number of thioether (sulfide) groups is 1. The predicted octanol–water partition coefficient (Wildman–Crippen LogP) is 4.37. The highest BCUT2D eigenvalue weighted by atomic mass is 32.2. The summed E-state index contributed by atoms with van der Waals surface area (Å²) in [5.74, 6) is 0.718. The van der Waals surface area contributed by atoms with E-state index in [-0.39, 0.29) is 0 Å². The van der Waals surface area contributed by atoms with E-state index < -0.39 is 0 Å². The van der Waals surface area contributed by atoms with Gasteiger partial charge in [0, 0.05) is 16.7 Å². The first-order chi connectivity index (χ1) is 9.05. The second kappa shape index (κ2) is 6.32. The third-order valence-corrected chi connectivity index (χ3v) is 5.90. The highest BCUT2D eigenvalue weighted by molar-refractivity contribution is 8.00. The Morgan fingerprint density at radius 1 is 1.37 bits per heavy atom. The van der Waals surface area contributed by atoms with Crippen molar-refractivity contribution in [2.24, 2.45) is 11.3 Å². The molecule has 1 aromatic carbocycles. The number of hydrogen-bond donors (Lipinski definition) is 1. The van der Waals surface area contributed by atoms with Gasteiger partial charge in [0.05, 0.1) is 0 Å². The van der Waals surface area contributed by atoms with Crippen LogP contribution in [0, 0.1) is 11.3 Å². The van der Waals surface area contributed by atoms with Gasteiger partial charge in [0.25, 0.3) is 0 Å². The molecule has 0 amide bonds. The molecule has 1 N–H and O–H groups in total. The molecule has 1 aliphatic rings. The van der Waals surface area contributed by atoms with Crippen molar-refractivity contribution in [3.05, 3.63) is 29.8 Å². The quantitative estimate of drug-likeness (QED) is 0.829. The molecule has 1 nitrogen and oxygen atoms in total. The number of hydrogen-bond acceptors (Lipinski definition) is 2. The molecule has 1 heterocycles. The topological polar surface area (TPSA) is 12.0 Å². The summed E-state index contributed by atoms with van der Waals surface area (Å²) in [4.78, 5) is 1.50. The minimum Gasteiger partial charge on any atom is -0.316 e. The fraction of sp³-hybridized carbons (Fsp3) is 0.647. The molecule has 19 heavy (non-hydrogen) atoms. The summed E-state index contributed by atoms with van der Waals surface area (Å²) in [6.07, 6.45) is 2.55. The van der Waals surface area contributed by atoms with Crippen molar-refractivity contribution in [3.8, 4) is 0 Å². The second-order valence-electron chi connectivity index (χ2n) is 6.34. The number of nitrogens with one attached hydrogen (secondary N) is 1. The molecule has 1 aliphatic heterocycles. The molecule has 106 valence electrons. The minimum atomic E-state index is 0.399. The average Bonchev–Trinajstić information content (AvgIpc) is 2.78. The van der Waals surface area contributed by atoms with Gasteiger partial charge in [0.15, 0.2) is 0 Å². The van der Waals surface area contributed by atoms with Gasteiger partial charge in [0.1, 0.15) is 0 Å². The van der Waals surface area contributed by atoms with Gasteiger partial charge < -0.3 is 5.32 Å². The predicted molar refractivity (Wildman–Crippen MR) is 85.9 cm³/mol. The van der Waals surface area contributed by atoms with Crippen LogP contribution in [0.2, 0.25) is 0 Å². The first-order valence-corrected chi connectivity index (χ1v) is 8.38. The van der Waals surface area contributed by atoms with Crippen LogP contribution in [0.5, 0.6) is 0 Å². The zero-order valence-corrected chi connectivity index (χ0v) is 13.5. The van der Waals surface area contributed by atoms with Crippen LogP contribution >= 0.6 is 11.8 Å². The summed E-state index contributed by atoms with van der Waals surface area (Å²) in [7, 11) is 0. The van der Waals surface area contributed by atoms with Crippen LogP contribution in [-0.2, 0) is 6.42 Å². The lowest BCUT2D eigenvalue weighted by molar-refractivity contribution is 0.191. The van der Waals surface area contributed by atoms with Crippen molar-refractivity contribution < 1.29 is 0 Å². The molecule has 2 heteroatoms. The van der Waals surface area contributed by atoms with E-state index in [0.29, 0.717) is 5.41 Å². The summed E-state index contributed by atoms with van der Waals surface area (Å²) in [5, 5.41) is 4.31. The van der Waals surface area contributed by atoms with Gasteiger partial charge in [0.2, 0.25) is 0 Å². The summed E-state index contributed by atoms with van der Waals surface area (Å²) < 4.78 is 0. The van der Waals surface area contributed by atoms with Crippen molar-refractivity contribution in [1.29, 1.82) is 0 Å². The molecule has 0 aromatic heterocycles. The molecule has 2 atom stereocenters. The summed E-state index contributed by atoms with van der Waals surface area (Å²) in [6, 6.07) is 8.90. The zero-order chi connectivity index (χ0) is 13.9. The Hall–Kier alpha value is -0.470. The van der Waals surface area contributed by atoms with E-state index in [0.717, 1.165) is 24.3 Å². The van der Waals surface area contributed by atoms with E-state index in [4.69, 9.17) is 0 Å². The Balaban J connectivity index is 2.00. The second-order valence-corrected chi connectivity index (χ2v) is 7.69. The van der Waals surface area contributed by atoms with E-state index in [1.165, 1.54) is 17.7 Å². The van der Waals surface area contributed by atoms with Gasteiger partial charge in [-0.05, 0) is 42.3 Å². The molecule has 2 rings (SSSR count). The molecule has 0 bridgehead atoms. The SMILES string of the molecule is CCNCC(C)(CC1Cc2ccccc2S1)C(C)C. The van der Waals surface area contributed by atoms with Crippen LogP contribution in [0.1, 0.15) is 39.7 Å². The van der Waals surface area contributed by atoms with Crippen molar-refractivity contribution >= 4 is 11.8 Å². The third-order valence-electron chi connectivity index (χ3n) is 4.58. The van der Waals surface area contributed by atoms with Gasteiger partial charge in [-0.2, -0.15) is 0 Å². The molecule has 2 unspecified atom stereocenters. The summed E-state index contributed by atoms with van der Waals surface area (Å²) in [6.45, 7) is 11.6. The number of fused-ring (bicyclic) bond motifs is 1.